The van der Waals surface area contributed by atoms with E-state index in [9.17, 15) is 14.1 Å². The van der Waals surface area contributed by atoms with Gasteiger partial charge in [-0.3, -0.25) is 10.1 Å². The van der Waals surface area contributed by atoms with Gasteiger partial charge in [0.15, 0.2) is 4.90 Å². The molecule has 0 fully saturated rings. The summed E-state index contributed by atoms with van der Waals surface area (Å²) in [5.41, 5.74) is 0.842. The number of hydrogen-bond acceptors (Lipinski definition) is 5. The van der Waals surface area contributed by atoms with Crippen LogP contribution in [0.2, 0.25) is 0 Å². The maximum atomic E-state index is 12.3. The van der Waals surface area contributed by atoms with Crippen molar-refractivity contribution in [2.45, 2.75) is 10.1 Å². The van der Waals surface area contributed by atoms with Gasteiger partial charge in [0.25, 0.3) is 5.91 Å². The van der Waals surface area contributed by atoms with E-state index >= 15 is 0 Å². The van der Waals surface area contributed by atoms with Crippen LogP contribution in [0.5, 0.6) is 0 Å². The molecule has 3 aromatic rings. The highest BCUT2D eigenvalue weighted by atomic mass is 32.2. The Hall–Kier alpha value is -3.23. The van der Waals surface area contributed by atoms with Gasteiger partial charge in [-0.05, 0) is 42.5 Å². The van der Waals surface area contributed by atoms with Crippen LogP contribution in [0.4, 0.5) is 10.5 Å². The molecule has 0 aliphatic heterocycles. The van der Waals surface area contributed by atoms with Gasteiger partial charge in [0.1, 0.15) is 0 Å². The number of hydrogen-bond donors (Lipinski definition) is 2. The molecule has 3 rings (SSSR count). The number of carbonyl (C=O) groups excluding carboxylic acids is 2. The van der Waals surface area contributed by atoms with Crippen molar-refractivity contribution >= 4 is 28.8 Å². The normalized spacial score (nSPS) is 11.4. The summed E-state index contributed by atoms with van der Waals surface area (Å²) in [7, 11) is 0. The Labute approximate surface area is 152 Å². The van der Waals surface area contributed by atoms with Crippen LogP contribution < -0.4 is 10.6 Å². The first-order valence-corrected chi connectivity index (χ1v) is 8.75. The van der Waals surface area contributed by atoms with Crippen molar-refractivity contribution in [2.24, 2.45) is 0 Å². The summed E-state index contributed by atoms with van der Waals surface area (Å²) in [6, 6.07) is 15.8. The molecule has 1 atom stereocenters. The number of amides is 3. The number of anilines is 1. The van der Waals surface area contributed by atoms with Gasteiger partial charge in [-0.1, -0.05) is 18.2 Å². The molecule has 3 amide bonds. The van der Waals surface area contributed by atoms with Gasteiger partial charge >= 0.3 is 11.2 Å². The van der Waals surface area contributed by atoms with Gasteiger partial charge < -0.3 is 9.87 Å². The van der Waals surface area contributed by atoms with Crippen LogP contribution in [0.1, 0.15) is 10.4 Å². The van der Waals surface area contributed by atoms with E-state index in [1.807, 2.05) is 0 Å². The lowest BCUT2D eigenvalue weighted by atomic mass is 10.2. The molecule has 1 aromatic heterocycles. The van der Waals surface area contributed by atoms with E-state index in [0.29, 0.717) is 16.1 Å². The van der Waals surface area contributed by atoms with Crippen LogP contribution in [0.25, 0.3) is 0 Å². The third-order valence-corrected chi connectivity index (χ3v) is 4.54. The monoisotopic (exact) mass is 366 g/mol. The second kappa shape index (κ2) is 8.24. The molecule has 26 heavy (non-hydrogen) atoms. The van der Waals surface area contributed by atoms with Gasteiger partial charge in [-0.25, -0.2) is 4.79 Å². The van der Waals surface area contributed by atoms with E-state index in [1.165, 1.54) is 12.4 Å². The number of nitrogens with zero attached hydrogens (tertiary/aromatic N) is 2. The highest BCUT2D eigenvalue weighted by Crippen LogP contribution is 2.19. The molecule has 1 unspecified atom stereocenters. The Morgan fingerprint density at radius 1 is 0.885 bits per heavy atom. The summed E-state index contributed by atoms with van der Waals surface area (Å²) < 4.78 is 12.3. The zero-order valence-corrected chi connectivity index (χ0v) is 14.3. The Morgan fingerprint density at radius 3 is 2.19 bits per heavy atom. The van der Waals surface area contributed by atoms with Crippen molar-refractivity contribution in [3.05, 3.63) is 78.6 Å². The molecule has 8 heteroatoms. The molecule has 0 aliphatic carbocycles. The van der Waals surface area contributed by atoms with Crippen molar-refractivity contribution < 1.29 is 14.1 Å². The maximum absolute atomic E-state index is 12.3. The number of carbonyl (C=O) groups is 2. The molecule has 0 radical (unpaired) electrons. The predicted octanol–water partition coefficient (Wildman–Crippen LogP) is 2.61. The minimum absolute atomic E-state index is 0.208. The van der Waals surface area contributed by atoms with Crippen LogP contribution in [0, 0.1) is 0 Å². The Bertz CT molecular complexity index is 889. The van der Waals surface area contributed by atoms with E-state index in [1.54, 1.807) is 60.7 Å². The molecular weight excluding hydrogens is 352 g/mol. The molecule has 0 bridgehead atoms. The number of rotatable bonds is 4. The van der Waals surface area contributed by atoms with Gasteiger partial charge in [-0.2, -0.15) is 9.97 Å². The molecule has 0 spiro atoms. The van der Waals surface area contributed by atoms with Crippen molar-refractivity contribution in [2.75, 3.05) is 5.32 Å². The topological polar surface area (TPSA) is 107 Å². The predicted molar refractivity (Wildman–Crippen MR) is 96.1 cm³/mol. The van der Waals surface area contributed by atoms with Crippen LogP contribution in [0.15, 0.2) is 83.1 Å². The van der Waals surface area contributed by atoms with Crippen LogP contribution in [0.3, 0.4) is 0 Å². The number of benzene rings is 2. The summed E-state index contributed by atoms with van der Waals surface area (Å²) in [5.74, 6) is -0.498. The molecule has 7 nitrogen and oxygen atoms in total. The van der Waals surface area contributed by atoms with E-state index in [0.717, 1.165) is 0 Å². The second-order valence-corrected chi connectivity index (χ2v) is 6.47. The fraction of sp³-hybridized carbons (Fsp3) is 0. The number of aromatic nitrogens is 2. The second-order valence-electron chi connectivity index (χ2n) is 5.10. The third kappa shape index (κ3) is 4.44. The Kier molecular flexibility index (Phi) is 5.57. The lowest BCUT2D eigenvalue weighted by Gasteiger charge is -2.09. The molecular formula is C18H14N4O3S. The van der Waals surface area contributed by atoms with Crippen LogP contribution >= 0.6 is 0 Å². The highest BCUT2D eigenvalue weighted by molar-refractivity contribution is 7.91. The Balaban J connectivity index is 1.60. The average molecular weight is 366 g/mol. The van der Waals surface area contributed by atoms with Gasteiger partial charge in [0.05, 0.1) is 11.2 Å². The number of nitrogens with one attached hydrogen (secondary N) is 2. The molecule has 0 aliphatic rings. The molecule has 2 aromatic carbocycles. The molecule has 1 heterocycles. The van der Waals surface area contributed by atoms with Gasteiger partial charge in [-0.15, -0.1) is 0 Å². The lowest BCUT2D eigenvalue weighted by Crippen LogP contribution is -2.34. The number of urea groups is 1. The van der Waals surface area contributed by atoms with E-state index in [2.05, 4.69) is 20.6 Å². The van der Waals surface area contributed by atoms with E-state index in [4.69, 9.17) is 0 Å². The van der Waals surface area contributed by atoms with Crippen LogP contribution in [-0.4, -0.2) is 26.5 Å². The number of imide groups is 1. The summed E-state index contributed by atoms with van der Waals surface area (Å²) in [5, 5.41) is 4.99. The van der Waals surface area contributed by atoms with Crippen LogP contribution in [-0.2, 0) is 11.2 Å². The summed E-state index contributed by atoms with van der Waals surface area (Å²) in [6.45, 7) is 0. The minimum atomic E-state index is -1.51. The average Bonchev–Trinajstić information content (AvgIpc) is 2.69. The standard InChI is InChI=1S/C18H14N4O3S/c23-16(13-5-2-1-3-6-13)22-17(24)21-14-7-9-15(10-8-14)26(25)18-19-11-4-12-20-18/h1-12H,(H2,21,22,23,24). The summed E-state index contributed by atoms with van der Waals surface area (Å²) in [6.07, 6.45) is 3.04. The van der Waals surface area contributed by atoms with Gasteiger partial charge in [0, 0.05) is 23.6 Å². The van der Waals surface area contributed by atoms with Crippen molar-refractivity contribution in [1.29, 1.82) is 0 Å². The van der Waals surface area contributed by atoms with E-state index in [-0.39, 0.29) is 5.16 Å². The maximum Gasteiger partial charge on any atom is 0.348 e. The summed E-state index contributed by atoms with van der Waals surface area (Å²) >= 11 is -1.51. The van der Waals surface area contributed by atoms with Crippen molar-refractivity contribution in [3.63, 3.8) is 0 Å². The smallest absolute Gasteiger partial charge is 0.348 e. The van der Waals surface area contributed by atoms with E-state index < -0.39 is 23.1 Å². The molecule has 0 saturated carbocycles. The zero-order chi connectivity index (χ0) is 18.4. The first-order valence-electron chi connectivity index (χ1n) is 7.60. The van der Waals surface area contributed by atoms with Crippen molar-refractivity contribution in [3.8, 4) is 0 Å². The molecule has 2 N–H and O–H groups in total. The Morgan fingerprint density at radius 2 is 1.54 bits per heavy atom. The first kappa shape index (κ1) is 17.6. The molecule has 0 saturated heterocycles. The highest BCUT2D eigenvalue weighted by Gasteiger charge is 2.18. The SMILES string of the molecule is O=C(NC(=O)c1ccccc1)Nc1ccc([S+]([O-])c2ncccn2)cc1. The van der Waals surface area contributed by atoms with Gasteiger partial charge in [0.2, 0.25) is 0 Å². The minimum Gasteiger partial charge on any atom is -0.604 e. The third-order valence-electron chi connectivity index (χ3n) is 3.30. The fourth-order valence-electron chi connectivity index (χ4n) is 2.08. The van der Waals surface area contributed by atoms with Crippen molar-refractivity contribution in [1.82, 2.24) is 15.3 Å². The fourth-order valence-corrected chi connectivity index (χ4v) is 2.98. The summed E-state index contributed by atoms with van der Waals surface area (Å²) in [4.78, 5) is 32.3. The molecule has 130 valence electrons. The largest absolute Gasteiger partial charge is 0.604 e. The quantitative estimate of drug-likeness (QED) is 0.545. The lowest BCUT2D eigenvalue weighted by molar-refractivity contribution is 0.0967. The zero-order valence-electron chi connectivity index (χ0n) is 13.5. The first-order chi connectivity index (χ1) is 12.6.